The van der Waals surface area contributed by atoms with Gasteiger partial charge in [-0.05, 0) is 58.0 Å². The predicted octanol–water partition coefficient (Wildman–Crippen LogP) is 2.41. The van der Waals surface area contributed by atoms with E-state index in [0.29, 0.717) is 12.6 Å². The van der Waals surface area contributed by atoms with Crippen molar-refractivity contribution in [2.24, 2.45) is 0 Å². The Hall–Kier alpha value is -2.14. The van der Waals surface area contributed by atoms with Crippen LogP contribution in [0.4, 0.5) is 10.1 Å². The normalized spacial score (nSPS) is 15.7. The van der Waals surface area contributed by atoms with E-state index < -0.39 is 0 Å². The van der Waals surface area contributed by atoms with Crippen molar-refractivity contribution in [2.45, 2.75) is 33.7 Å². The van der Waals surface area contributed by atoms with Crippen LogP contribution < -0.4 is 9.80 Å². The number of nitrogens with one attached hydrogen (secondary N) is 1. The maximum atomic E-state index is 13.1. The molecule has 0 amide bonds. The van der Waals surface area contributed by atoms with Crippen LogP contribution >= 0.6 is 0 Å². The first-order valence-electron chi connectivity index (χ1n) is 9.42. The highest BCUT2D eigenvalue weighted by Crippen LogP contribution is 2.20. The van der Waals surface area contributed by atoms with Gasteiger partial charge in [-0.2, -0.15) is 0 Å². The van der Waals surface area contributed by atoms with Crippen LogP contribution in [0.25, 0.3) is 0 Å². The Morgan fingerprint density at radius 2 is 1.77 bits per heavy atom. The van der Waals surface area contributed by atoms with Crippen molar-refractivity contribution >= 4 is 11.5 Å². The van der Waals surface area contributed by atoms with Crippen molar-refractivity contribution < 1.29 is 14.1 Å². The maximum absolute atomic E-state index is 13.1. The smallest absolute Gasteiger partial charge is 0.218 e. The number of quaternary nitrogens is 1. The second-order valence-corrected chi connectivity index (χ2v) is 7.56. The fourth-order valence-corrected chi connectivity index (χ4v) is 4.09. The lowest BCUT2D eigenvalue weighted by Crippen LogP contribution is -3.15. The summed E-state index contributed by atoms with van der Waals surface area (Å²) in [5.41, 5.74) is 4.14. The number of nitrogens with zero attached hydrogens (tertiary/aromatic N) is 2. The second kappa shape index (κ2) is 7.62. The first-order chi connectivity index (χ1) is 12.4. The van der Waals surface area contributed by atoms with Crippen LogP contribution in [-0.4, -0.2) is 43.1 Å². The topological polar surface area (TPSA) is 29.7 Å². The van der Waals surface area contributed by atoms with E-state index in [-0.39, 0.29) is 11.6 Å². The molecule has 0 aliphatic carbocycles. The average molecular weight is 358 g/mol. The Balaban J connectivity index is 1.60. The van der Waals surface area contributed by atoms with Crippen molar-refractivity contribution in [3.05, 3.63) is 53.1 Å². The van der Waals surface area contributed by atoms with Gasteiger partial charge in [0, 0.05) is 28.7 Å². The largest absolute Gasteiger partial charge is 0.360 e. The predicted molar refractivity (Wildman–Crippen MR) is 103 cm³/mol. The Morgan fingerprint density at radius 3 is 2.31 bits per heavy atom. The molecule has 0 atom stereocenters. The van der Waals surface area contributed by atoms with Gasteiger partial charge >= 0.3 is 0 Å². The number of halogens is 1. The molecule has 2 aromatic rings. The van der Waals surface area contributed by atoms with Crippen molar-refractivity contribution in [3.8, 4) is 0 Å². The van der Waals surface area contributed by atoms with Crippen LogP contribution in [0.15, 0.2) is 30.3 Å². The number of carbonyl (C=O) groups excluding carboxylic acids is 1. The summed E-state index contributed by atoms with van der Waals surface area (Å²) in [4.78, 5) is 16.4. The number of piperazine rings is 1. The van der Waals surface area contributed by atoms with E-state index in [1.54, 1.807) is 0 Å². The molecule has 1 aliphatic heterocycles. The zero-order valence-corrected chi connectivity index (χ0v) is 16.2. The minimum Gasteiger partial charge on any atom is -0.360 e. The molecule has 4 nitrogen and oxygen atoms in total. The molecule has 2 heterocycles. The molecule has 0 bridgehead atoms. The second-order valence-electron chi connectivity index (χ2n) is 7.56. The van der Waals surface area contributed by atoms with Gasteiger partial charge in [-0.25, -0.2) is 4.39 Å². The van der Waals surface area contributed by atoms with Crippen LogP contribution in [0, 0.1) is 19.7 Å². The molecular weight excluding hydrogens is 329 g/mol. The summed E-state index contributed by atoms with van der Waals surface area (Å²) in [6.07, 6.45) is 0. The summed E-state index contributed by atoms with van der Waals surface area (Å²) in [7, 11) is 0. The SMILES string of the molecule is Cc1cc(C(=O)C[NH+]2CCN(c3ccc(F)cc3)CC2)c(C)n1C(C)C. The van der Waals surface area contributed by atoms with Crippen molar-refractivity contribution in [1.82, 2.24) is 4.57 Å². The standard InChI is InChI=1S/C21H28FN3O/c1-15(2)25-16(3)13-20(17(25)4)21(26)14-23-9-11-24(12-10-23)19-7-5-18(22)6-8-19/h5-8,13,15H,9-12,14H2,1-4H3/p+1. The number of anilines is 1. The highest BCUT2D eigenvalue weighted by atomic mass is 19.1. The van der Waals surface area contributed by atoms with E-state index in [9.17, 15) is 9.18 Å². The lowest BCUT2D eigenvalue weighted by molar-refractivity contribution is -0.892. The third-order valence-electron chi connectivity index (χ3n) is 5.37. The fraction of sp³-hybridized carbons (Fsp3) is 0.476. The van der Waals surface area contributed by atoms with Gasteiger partial charge in [0.2, 0.25) is 5.78 Å². The van der Waals surface area contributed by atoms with Gasteiger partial charge in [0.15, 0.2) is 0 Å². The number of ketones is 1. The molecule has 1 aromatic carbocycles. The maximum Gasteiger partial charge on any atom is 0.218 e. The number of aromatic nitrogens is 1. The zero-order chi connectivity index (χ0) is 18.8. The van der Waals surface area contributed by atoms with E-state index in [1.807, 2.05) is 25.1 Å². The first-order valence-corrected chi connectivity index (χ1v) is 9.42. The summed E-state index contributed by atoms with van der Waals surface area (Å²) in [6, 6.07) is 9.05. The number of aryl methyl sites for hydroxylation is 1. The zero-order valence-electron chi connectivity index (χ0n) is 16.2. The van der Waals surface area contributed by atoms with Crippen molar-refractivity contribution in [1.29, 1.82) is 0 Å². The molecule has 5 heteroatoms. The first kappa shape index (κ1) is 18.6. The van der Waals surface area contributed by atoms with Crippen molar-refractivity contribution in [3.63, 3.8) is 0 Å². The summed E-state index contributed by atoms with van der Waals surface area (Å²) < 4.78 is 15.3. The van der Waals surface area contributed by atoms with E-state index >= 15 is 0 Å². The molecule has 26 heavy (non-hydrogen) atoms. The van der Waals surface area contributed by atoms with E-state index in [4.69, 9.17) is 0 Å². The van der Waals surface area contributed by atoms with Crippen LogP contribution in [-0.2, 0) is 0 Å². The summed E-state index contributed by atoms with van der Waals surface area (Å²) >= 11 is 0. The molecule has 0 unspecified atom stereocenters. The summed E-state index contributed by atoms with van der Waals surface area (Å²) in [5.74, 6) is 0.0258. The minimum atomic E-state index is -0.206. The molecule has 1 N–H and O–H groups in total. The van der Waals surface area contributed by atoms with Crippen LogP contribution in [0.3, 0.4) is 0 Å². The third kappa shape index (κ3) is 3.83. The Morgan fingerprint density at radius 1 is 1.15 bits per heavy atom. The minimum absolute atomic E-state index is 0.206. The summed E-state index contributed by atoms with van der Waals surface area (Å²) in [6.45, 7) is 12.6. The number of carbonyl (C=O) groups is 1. The monoisotopic (exact) mass is 358 g/mol. The molecule has 1 saturated heterocycles. The fourth-order valence-electron chi connectivity index (χ4n) is 4.09. The highest BCUT2D eigenvalue weighted by Gasteiger charge is 2.25. The van der Waals surface area contributed by atoms with Gasteiger partial charge in [-0.1, -0.05) is 0 Å². The van der Waals surface area contributed by atoms with Gasteiger partial charge in [-0.3, -0.25) is 4.79 Å². The molecule has 0 radical (unpaired) electrons. The molecular formula is C21H29FN3O+. The molecule has 140 valence electrons. The van der Waals surface area contributed by atoms with E-state index in [1.165, 1.54) is 17.0 Å². The van der Waals surface area contributed by atoms with Gasteiger partial charge in [0.1, 0.15) is 12.4 Å². The van der Waals surface area contributed by atoms with Gasteiger partial charge in [0.25, 0.3) is 0 Å². The van der Waals surface area contributed by atoms with Gasteiger partial charge in [0.05, 0.1) is 26.2 Å². The van der Waals surface area contributed by atoms with Gasteiger partial charge < -0.3 is 14.4 Å². The number of hydrogen-bond acceptors (Lipinski definition) is 2. The molecule has 3 rings (SSSR count). The highest BCUT2D eigenvalue weighted by molar-refractivity contribution is 5.98. The molecule has 0 spiro atoms. The number of benzene rings is 1. The quantitative estimate of drug-likeness (QED) is 0.832. The lowest BCUT2D eigenvalue weighted by atomic mass is 10.1. The van der Waals surface area contributed by atoms with Crippen LogP contribution in [0.1, 0.15) is 41.6 Å². The van der Waals surface area contributed by atoms with Crippen LogP contribution in [0.5, 0.6) is 0 Å². The third-order valence-corrected chi connectivity index (χ3v) is 5.37. The summed E-state index contributed by atoms with van der Waals surface area (Å²) in [5, 5.41) is 0. The lowest BCUT2D eigenvalue weighted by Gasteiger charge is -2.33. The molecule has 1 aliphatic rings. The molecule has 1 fully saturated rings. The Labute approximate surface area is 155 Å². The van der Waals surface area contributed by atoms with E-state index in [2.05, 4.69) is 30.2 Å². The van der Waals surface area contributed by atoms with E-state index in [0.717, 1.165) is 48.8 Å². The number of rotatable bonds is 5. The Kier molecular flexibility index (Phi) is 5.47. The number of Topliss-reactive ketones (excluding diaryl/α,β-unsaturated/α-hetero) is 1. The molecule has 0 saturated carbocycles. The Bertz CT molecular complexity index is 771. The van der Waals surface area contributed by atoms with Crippen LogP contribution in [0.2, 0.25) is 0 Å². The molecule has 1 aromatic heterocycles. The van der Waals surface area contributed by atoms with Crippen molar-refractivity contribution in [2.75, 3.05) is 37.6 Å². The number of hydrogen-bond donors (Lipinski definition) is 1. The average Bonchev–Trinajstić information content (AvgIpc) is 2.91. The van der Waals surface area contributed by atoms with Gasteiger partial charge in [-0.15, -0.1) is 0 Å².